The second-order valence-corrected chi connectivity index (χ2v) is 4.36. The number of thiazole rings is 1. The first-order valence-corrected chi connectivity index (χ1v) is 5.27. The van der Waals surface area contributed by atoms with Crippen molar-refractivity contribution in [3.63, 3.8) is 0 Å². The van der Waals surface area contributed by atoms with Gasteiger partial charge in [0.05, 0.1) is 15.9 Å². The maximum absolute atomic E-state index is 4.50. The van der Waals surface area contributed by atoms with E-state index in [0.29, 0.717) is 0 Å². The van der Waals surface area contributed by atoms with Crippen molar-refractivity contribution in [3.05, 3.63) is 29.8 Å². The molecule has 14 heavy (non-hydrogen) atoms. The number of pyridine rings is 1. The molecule has 0 atom stereocenters. The number of imidazole rings is 1. The summed E-state index contributed by atoms with van der Waals surface area (Å²) >= 11 is 1.69. The van der Waals surface area contributed by atoms with Crippen molar-refractivity contribution in [2.75, 3.05) is 0 Å². The maximum Gasteiger partial charge on any atom is 0.195 e. The van der Waals surface area contributed by atoms with E-state index in [9.17, 15) is 0 Å². The minimum absolute atomic E-state index is 1.06. The Balaban J connectivity index is 2.62. The van der Waals surface area contributed by atoms with Crippen molar-refractivity contribution in [3.8, 4) is 0 Å². The highest BCUT2D eigenvalue weighted by molar-refractivity contribution is 7.23. The molecule has 0 spiro atoms. The molecule has 0 fully saturated rings. The quantitative estimate of drug-likeness (QED) is 0.562. The standard InChI is InChI=1S/C10H9N3S/c1-6-7(2)13-8-3-4-11-5-9(8)14-10(13)12-6/h3-5H,1-2H3. The lowest BCUT2D eigenvalue weighted by atomic mass is 10.3. The Hall–Kier alpha value is -1.42. The summed E-state index contributed by atoms with van der Waals surface area (Å²) in [6, 6.07) is 2.03. The van der Waals surface area contributed by atoms with Crippen molar-refractivity contribution >= 4 is 26.5 Å². The van der Waals surface area contributed by atoms with Gasteiger partial charge < -0.3 is 0 Å². The van der Waals surface area contributed by atoms with Gasteiger partial charge in [0.15, 0.2) is 4.96 Å². The zero-order valence-electron chi connectivity index (χ0n) is 7.98. The number of fused-ring (bicyclic) bond motifs is 3. The van der Waals surface area contributed by atoms with Crippen LogP contribution in [0.1, 0.15) is 11.4 Å². The van der Waals surface area contributed by atoms with E-state index in [2.05, 4.69) is 21.3 Å². The van der Waals surface area contributed by atoms with Gasteiger partial charge in [-0.2, -0.15) is 0 Å². The van der Waals surface area contributed by atoms with E-state index < -0.39 is 0 Å². The van der Waals surface area contributed by atoms with Crippen LogP contribution in [-0.2, 0) is 0 Å². The van der Waals surface area contributed by atoms with E-state index in [1.54, 1.807) is 11.3 Å². The van der Waals surface area contributed by atoms with Crippen molar-refractivity contribution in [2.24, 2.45) is 0 Å². The molecule has 3 rings (SSSR count). The summed E-state index contributed by atoms with van der Waals surface area (Å²) in [6.45, 7) is 4.14. The summed E-state index contributed by atoms with van der Waals surface area (Å²) in [5.41, 5.74) is 3.53. The first kappa shape index (κ1) is 7.94. The fourth-order valence-electron chi connectivity index (χ4n) is 1.67. The first-order chi connectivity index (χ1) is 6.77. The highest BCUT2D eigenvalue weighted by Crippen LogP contribution is 2.27. The average Bonchev–Trinajstić information content (AvgIpc) is 2.65. The molecule has 0 bridgehead atoms. The van der Waals surface area contributed by atoms with Crippen LogP contribution in [0.5, 0.6) is 0 Å². The highest BCUT2D eigenvalue weighted by atomic mass is 32.1. The SMILES string of the molecule is Cc1nc2sc3cnccc3n2c1C. The van der Waals surface area contributed by atoms with E-state index in [0.717, 1.165) is 10.7 Å². The predicted molar refractivity (Wildman–Crippen MR) is 57.8 cm³/mol. The fourth-order valence-corrected chi connectivity index (χ4v) is 2.75. The maximum atomic E-state index is 4.50. The van der Waals surface area contributed by atoms with E-state index >= 15 is 0 Å². The molecule has 0 N–H and O–H groups in total. The normalized spacial score (nSPS) is 11.6. The first-order valence-electron chi connectivity index (χ1n) is 4.45. The molecule has 70 valence electrons. The van der Waals surface area contributed by atoms with Crippen LogP contribution in [-0.4, -0.2) is 14.4 Å². The Morgan fingerprint density at radius 1 is 1.36 bits per heavy atom. The van der Waals surface area contributed by atoms with Gasteiger partial charge in [0.25, 0.3) is 0 Å². The van der Waals surface area contributed by atoms with E-state index in [1.165, 1.54) is 15.9 Å². The third-order valence-corrected chi connectivity index (χ3v) is 3.51. The Kier molecular flexibility index (Phi) is 1.44. The van der Waals surface area contributed by atoms with Crippen molar-refractivity contribution in [1.82, 2.24) is 14.4 Å². The molecule has 0 unspecified atom stereocenters. The molecule has 0 amide bonds. The molecular weight excluding hydrogens is 194 g/mol. The molecule has 4 heteroatoms. The number of aromatic nitrogens is 3. The van der Waals surface area contributed by atoms with Gasteiger partial charge >= 0.3 is 0 Å². The van der Waals surface area contributed by atoms with Crippen molar-refractivity contribution < 1.29 is 0 Å². The summed E-state index contributed by atoms with van der Waals surface area (Å²) in [6.07, 6.45) is 3.72. The van der Waals surface area contributed by atoms with Gasteiger partial charge in [-0.15, -0.1) is 0 Å². The van der Waals surface area contributed by atoms with Gasteiger partial charge in [0.1, 0.15) is 0 Å². The smallest absolute Gasteiger partial charge is 0.195 e. The number of rotatable bonds is 0. The lowest BCUT2D eigenvalue weighted by molar-refractivity contribution is 1.15. The topological polar surface area (TPSA) is 30.2 Å². The van der Waals surface area contributed by atoms with Crippen LogP contribution in [0.4, 0.5) is 0 Å². The Labute approximate surface area is 85.0 Å². The van der Waals surface area contributed by atoms with Gasteiger partial charge in [-0.1, -0.05) is 11.3 Å². The van der Waals surface area contributed by atoms with Gasteiger partial charge in [-0.3, -0.25) is 9.38 Å². The van der Waals surface area contributed by atoms with Crippen LogP contribution >= 0.6 is 11.3 Å². The molecule has 3 aromatic rings. The number of hydrogen-bond donors (Lipinski definition) is 0. The Morgan fingerprint density at radius 2 is 2.21 bits per heavy atom. The molecular formula is C10H9N3S. The summed E-state index contributed by atoms with van der Waals surface area (Å²) < 4.78 is 3.38. The van der Waals surface area contributed by atoms with Gasteiger partial charge in [-0.25, -0.2) is 4.98 Å². The van der Waals surface area contributed by atoms with Gasteiger partial charge in [0, 0.05) is 18.1 Å². The molecule has 3 aromatic heterocycles. The number of hydrogen-bond acceptors (Lipinski definition) is 3. The molecule has 0 radical (unpaired) electrons. The lowest BCUT2D eigenvalue weighted by Gasteiger charge is -1.93. The van der Waals surface area contributed by atoms with E-state index in [1.807, 2.05) is 25.4 Å². The van der Waals surface area contributed by atoms with Crippen LogP contribution in [0.15, 0.2) is 18.5 Å². The summed E-state index contributed by atoms with van der Waals surface area (Å²) in [5, 5.41) is 0. The second-order valence-electron chi connectivity index (χ2n) is 3.35. The minimum Gasteiger partial charge on any atom is -0.287 e. The molecule has 0 aliphatic rings. The fraction of sp³-hybridized carbons (Fsp3) is 0.200. The third-order valence-electron chi connectivity index (χ3n) is 2.52. The van der Waals surface area contributed by atoms with Crippen LogP contribution in [0.2, 0.25) is 0 Å². The zero-order valence-corrected chi connectivity index (χ0v) is 8.80. The minimum atomic E-state index is 1.06. The Bertz CT molecular complexity index is 621. The molecule has 0 saturated heterocycles. The predicted octanol–water partition coefficient (Wildman–Crippen LogP) is 2.56. The third kappa shape index (κ3) is 0.861. The van der Waals surface area contributed by atoms with Crippen molar-refractivity contribution in [1.29, 1.82) is 0 Å². The van der Waals surface area contributed by atoms with Crippen LogP contribution in [0.25, 0.3) is 15.2 Å². The largest absolute Gasteiger partial charge is 0.287 e. The van der Waals surface area contributed by atoms with Crippen LogP contribution in [0.3, 0.4) is 0 Å². The zero-order chi connectivity index (χ0) is 9.71. The molecule has 3 heterocycles. The number of aryl methyl sites for hydroxylation is 2. The summed E-state index contributed by atoms with van der Waals surface area (Å²) in [4.78, 5) is 9.67. The summed E-state index contributed by atoms with van der Waals surface area (Å²) in [7, 11) is 0. The van der Waals surface area contributed by atoms with Gasteiger partial charge in [-0.05, 0) is 19.9 Å². The molecule has 0 saturated carbocycles. The summed E-state index contributed by atoms with van der Waals surface area (Å²) in [5.74, 6) is 0. The monoisotopic (exact) mass is 203 g/mol. The molecule has 3 nitrogen and oxygen atoms in total. The Morgan fingerprint density at radius 3 is 3.07 bits per heavy atom. The highest BCUT2D eigenvalue weighted by Gasteiger charge is 2.10. The van der Waals surface area contributed by atoms with Crippen molar-refractivity contribution in [2.45, 2.75) is 13.8 Å². The number of nitrogens with zero attached hydrogens (tertiary/aromatic N) is 3. The molecule has 0 aliphatic carbocycles. The average molecular weight is 203 g/mol. The van der Waals surface area contributed by atoms with Gasteiger partial charge in [0.2, 0.25) is 0 Å². The molecule has 0 aliphatic heterocycles. The lowest BCUT2D eigenvalue weighted by Crippen LogP contribution is -1.84. The van der Waals surface area contributed by atoms with E-state index in [4.69, 9.17) is 0 Å². The van der Waals surface area contributed by atoms with Crippen LogP contribution in [0, 0.1) is 13.8 Å². The molecule has 0 aromatic carbocycles. The van der Waals surface area contributed by atoms with Crippen LogP contribution < -0.4 is 0 Å². The van der Waals surface area contributed by atoms with E-state index in [-0.39, 0.29) is 0 Å². The second kappa shape index (κ2) is 2.54.